The predicted molar refractivity (Wildman–Crippen MR) is 71.8 cm³/mol. The highest BCUT2D eigenvalue weighted by Crippen LogP contribution is 2.26. The van der Waals surface area contributed by atoms with Gasteiger partial charge in [-0.05, 0) is 45.3 Å². The first-order chi connectivity index (χ1) is 7.81. The second kappa shape index (κ2) is 8.08. The second-order valence-corrected chi connectivity index (χ2v) is 5.19. The van der Waals surface area contributed by atoms with Gasteiger partial charge in [0.05, 0.1) is 0 Å². The first-order valence-corrected chi connectivity index (χ1v) is 7.21. The zero-order valence-electron chi connectivity index (χ0n) is 11.5. The molecule has 1 aliphatic rings. The molecule has 0 aliphatic heterocycles. The summed E-state index contributed by atoms with van der Waals surface area (Å²) in [6, 6.07) is 0.715. The Balaban J connectivity index is 2.39. The average Bonchev–Trinajstić information content (AvgIpc) is 2.35. The van der Waals surface area contributed by atoms with Crippen LogP contribution in [0.2, 0.25) is 0 Å². The van der Waals surface area contributed by atoms with E-state index in [0.29, 0.717) is 6.04 Å². The molecule has 0 spiro atoms. The quantitative estimate of drug-likeness (QED) is 0.718. The van der Waals surface area contributed by atoms with Crippen LogP contribution >= 0.6 is 0 Å². The third-order valence-corrected chi connectivity index (χ3v) is 4.03. The molecule has 0 amide bonds. The van der Waals surface area contributed by atoms with Crippen molar-refractivity contribution in [1.29, 1.82) is 0 Å². The molecule has 0 aromatic heterocycles. The van der Waals surface area contributed by atoms with Crippen molar-refractivity contribution < 1.29 is 0 Å². The Morgan fingerprint density at radius 1 is 1.19 bits per heavy atom. The summed E-state index contributed by atoms with van der Waals surface area (Å²) in [5, 5.41) is 3.55. The zero-order valence-corrected chi connectivity index (χ0v) is 11.5. The van der Waals surface area contributed by atoms with Crippen molar-refractivity contribution in [1.82, 2.24) is 10.2 Å². The van der Waals surface area contributed by atoms with Gasteiger partial charge in [0.1, 0.15) is 0 Å². The Bertz CT molecular complexity index is 164. The smallest absolute Gasteiger partial charge is 0.0220 e. The lowest BCUT2D eigenvalue weighted by Crippen LogP contribution is -2.45. The van der Waals surface area contributed by atoms with E-state index in [4.69, 9.17) is 0 Å². The van der Waals surface area contributed by atoms with Crippen molar-refractivity contribution in [3.63, 3.8) is 0 Å². The molecule has 1 fully saturated rings. The van der Waals surface area contributed by atoms with Crippen LogP contribution in [0.4, 0.5) is 0 Å². The van der Waals surface area contributed by atoms with Gasteiger partial charge in [-0.15, -0.1) is 0 Å². The van der Waals surface area contributed by atoms with Crippen molar-refractivity contribution in [2.75, 3.05) is 26.7 Å². The van der Waals surface area contributed by atoms with E-state index in [9.17, 15) is 0 Å². The molecule has 1 aliphatic carbocycles. The van der Waals surface area contributed by atoms with E-state index < -0.39 is 0 Å². The Hall–Kier alpha value is -0.0800. The van der Waals surface area contributed by atoms with Crippen molar-refractivity contribution >= 4 is 0 Å². The van der Waals surface area contributed by atoms with Gasteiger partial charge in [-0.1, -0.05) is 33.1 Å². The van der Waals surface area contributed by atoms with Gasteiger partial charge in [-0.2, -0.15) is 0 Å². The predicted octanol–water partition coefficient (Wildman–Crippen LogP) is 2.89. The normalized spacial score (nSPS) is 20.2. The molecular weight excluding hydrogens is 196 g/mol. The van der Waals surface area contributed by atoms with E-state index in [1.165, 1.54) is 58.2 Å². The summed E-state index contributed by atoms with van der Waals surface area (Å²) in [5.41, 5.74) is 0. The maximum Gasteiger partial charge on any atom is 0.0220 e. The molecule has 1 rings (SSSR count). The summed E-state index contributed by atoms with van der Waals surface area (Å²) in [7, 11) is 2.14. The monoisotopic (exact) mass is 226 g/mol. The highest BCUT2D eigenvalue weighted by Gasteiger charge is 2.23. The first kappa shape index (κ1) is 14.0. The standard InChI is InChI=1S/C14H30N2/c1-4-11-16(5-2)12-14(15-3)13-9-7-6-8-10-13/h13-15H,4-12H2,1-3H3. The number of hydrogen-bond acceptors (Lipinski definition) is 2. The molecule has 1 atom stereocenters. The van der Waals surface area contributed by atoms with Gasteiger partial charge in [0, 0.05) is 12.6 Å². The van der Waals surface area contributed by atoms with Crippen LogP contribution in [0.15, 0.2) is 0 Å². The molecule has 0 saturated heterocycles. The fourth-order valence-electron chi connectivity index (χ4n) is 2.99. The van der Waals surface area contributed by atoms with Crippen molar-refractivity contribution in [2.24, 2.45) is 5.92 Å². The van der Waals surface area contributed by atoms with Crippen LogP contribution in [-0.4, -0.2) is 37.6 Å². The minimum Gasteiger partial charge on any atom is -0.315 e. The third kappa shape index (κ3) is 4.42. The topological polar surface area (TPSA) is 15.3 Å². The van der Waals surface area contributed by atoms with Crippen LogP contribution in [-0.2, 0) is 0 Å². The van der Waals surface area contributed by atoms with Crippen molar-refractivity contribution in [3.8, 4) is 0 Å². The van der Waals surface area contributed by atoms with Gasteiger partial charge in [0.25, 0.3) is 0 Å². The van der Waals surface area contributed by atoms with Crippen LogP contribution in [0.3, 0.4) is 0 Å². The Morgan fingerprint density at radius 3 is 2.38 bits per heavy atom. The molecular formula is C14H30N2. The number of nitrogens with zero attached hydrogens (tertiary/aromatic N) is 1. The maximum absolute atomic E-state index is 3.55. The lowest BCUT2D eigenvalue weighted by Gasteiger charge is -2.34. The highest BCUT2D eigenvalue weighted by atomic mass is 15.1. The number of nitrogens with one attached hydrogen (secondary N) is 1. The van der Waals surface area contributed by atoms with Crippen molar-refractivity contribution in [2.45, 2.75) is 58.4 Å². The number of rotatable bonds is 7. The van der Waals surface area contributed by atoms with Gasteiger partial charge in [-0.25, -0.2) is 0 Å². The summed E-state index contributed by atoms with van der Waals surface area (Å²) < 4.78 is 0. The molecule has 0 heterocycles. The molecule has 2 nitrogen and oxygen atoms in total. The molecule has 0 bridgehead atoms. The van der Waals surface area contributed by atoms with E-state index in [1.807, 2.05) is 0 Å². The van der Waals surface area contributed by atoms with Crippen LogP contribution in [0.1, 0.15) is 52.4 Å². The molecule has 2 heteroatoms. The van der Waals surface area contributed by atoms with Gasteiger partial charge >= 0.3 is 0 Å². The molecule has 1 saturated carbocycles. The van der Waals surface area contributed by atoms with E-state index in [1.54, 1.807) is 0 Å². The van der Waals surface area contributed by atoms with Gasteiger partial charge < -0.3 is 10.2 Å². The molecule has 1 N–H and O–H groups in total. The van der Waals surface area contributed by atoms with Crippen LogP contribution in [0, 0.1) is 5.92 Å². The zero-order chi connectivity index (χ0) is 11.8. The Kier molecular flexibility index (Phi) is 7.06. The fraction of sp³-hybridized carbons (Fsp3) is 1.00. The van der Waals surface area contributed by atoms with Crippen LogP contribution in [0.5, 0.6) is 0 Å². The van der Waals surface area contributed by atoms with Gasteiger partial charge in [0.15, 0.2) is 0 Å². The second-order valence-electron chi connectivity index (χ2n) is 5.19. The summed E-state index contributed by atoms with van der Waals surface area (Å²) in [4.78, 5) is 2.59. The molecule has 16 heavy (non-hydrogen) atoms. The molecule has 96 valence electrons. The molecule has 0 aromatic carbocycles. The lowest BCUT2D eigenvalue weighted by atomic mass is 9.83. The summed E-state index contributed by atoms with van der Waals surface area (Å²) in [5.74, 6) is 0.921. The third-order valence-electron chi connectivity index (χ3n) is 4.03. The van der Waals surface area contributed by atoms with Crippen LogP contribution < -0.4 is 5.32 Å². The van der Waals surface area contributed by atoms with Gasteiger partial charge in [0.2, 0.25) is 0 Å². The van der Waals surface area contributed by atoms with Gasteiger partial charge in [-0.3, -0.25) is 0 Å². The minimum atomic E-state index is 0.715. The largest absolute Gasteiger partial charge is 0.315 e. The Morgan fingerprint density at radius 2 is 1.88 bits per heavy atom. The Labute approximate surface area is 102 Å². The number of hydrogen-bond donors (Lipinski definition) is 1. The minimum absolute atomic E-state index is 0.715. The van der Waals surface area contributed by atoms with E-state index >= 15 is 0 Å². The van der Waals surface area contributed by atoms with E-state index in [-0.39, 0.29) is 0 Å². The SMILES string of the molecule is CCCN(CC)CC(NC)C1CCCCC1. The van der Waals surface area contributed by atoms with E-state index in [0.717, 1.165) is 5.92 Å². The number of likely N-dealkylation sites (N-methyl/N-ethyl adjacent to an activating group) is 2. The molecule has 0 radical (unpaired) electrons. The summed E-state index contributed by atoms with van der Waals surface area (Å²) in [6.45, 7) is 8.24. The molecule has 1 unspecified atom stereocenters. The maximum atomic E-state index is 3.55. The fourth-order valence-corrected chi connectivity index (χ4v) is 2.99. The van der Waals surface area contributed by atoms with E-state index in [2.05, 4.69) is 31.1 Å². The lowest BCUT2D eigenvalue weighted by molar-refractivity contribution is 0.194. The summed E-state index contributed by atoms with van der Waals surface area (Å²) >= 11 is 0. The first-order valence-electron chi connectivity index (χ1n) is 7.21. The average molecular weight is 226 g/mol. The highest BCUT2D eigenvalue weighted by molar-refractivity contribution is 4.80. The van der Waals surface area contributed by atoms with Crippen molar-refractivity contribution in [3.05, 3.63) is 0 Å². The van der Waals surface area contributed by atoms with Crippen LogP contribution in [0.25, 0.3) is 0 Å². The summed E-state index contributed by atoms with van der Waals surface area (Å²) in [6.07, 6.45) is 8.50. The molecule has 0 aromatic rings.